The number of nitrogens with zero attached hydrogens (tertiary/aromatic N) is 2. The second-order valence-corrected chi connectivity index (χ2v) is 8.61. The first-order chi connectivity index (χ1) is 14.9. The first kappa shape index (κ1) is 23.1. The molecule has 0 unspecified atom stereocenters. The molecule has 1 aliphatic heterocycles. The van der Waals surface area contributed by atoms with E-state index in [1.807, 2.05) is 17.0 Å². The van der Waals surface area contributed by atoms with Crippen LogP contribution in [0.2, 0.25) is 0 Å². The minimum absolute atomic E-state index is 0.198. The number of ether oxygens (including phenoxy) is 2. The van der Waals surface area contributed by atoms with Gasteiger partial charge in [0.25, 0.3) is 0 Å². The predicted octanol–water partition coefficient (Wildman–Crippen LogP) is 3.81. The summed E-state index contributed by atoms with van der Waals surface area (Å²) in [5.74, 6) is 1.61. The standard InChI is InChI=1S/C26H36N2O3/c1-19-7-8-21(15-20(19)2)9-13-27(3)11-6-12-28-14-10-22-16-24(30-4)25(31-5)17-23(22)18-26(28)29/h7-8,15-17H,6,9-14,18H2,1-5H3. The van der Waals surface area contributed by atoms with Gasteiger partial charge in [-0.05, 0) is 86.7 Å². The van der Waals surface area contributed by atoms with Crippen LogP contribution in [-0.2, 0) is 24.1 Å². The molecule has 0 radical (unpaired) electrons. The first-order valence-electron chi connectivity index (χ1n) is 11.2. The van der Waals surface area contributed by atoms with E-state index in [4.69, 9.17) is 9.47 Å². The lowest BCUT2D eigenvalue weighted by Crippen LogP contribution is -2.35. The zero-order valence-electron chi connectivity index (χ0n) is 19.7. The van der Waals surface area contributed by atoms with Crippen LogP contribution in [0.25, 0.3) is 0 Å². The van der Waals surface area contributed by atoms with E-state index in [0.717, 1.165) is 56.8 Å². The van der Waals surface area contributed by atoms with Gasteiger partial charge in [-0.2, -0.15) is 0 Å². The third-order valence-corrected chi connectivity index (χ3v) is 6.37. The van der Waals surface area contributed by atoms with Gasteiger partial charge >= 0.3 is 0 Å². The number of carbonyl (C=O) groups is 1. The van der Waals surface area contributed by atoms with Gasteiger partial charge in [-0.3, -0.25) is 4.79 Å². The van der Waals surface area contributed by atoms with Crippen LogP contribution < -0.4 is 9.47 Å². The number of aryl methyl sites for hydroxylation is 2. The van der Waals surface area contributed by atoms with E-state index in [2.05, 4.69) is 44.0 Å². The molecule has 0 N–H and O–H groups in total. The highest BCUT2D eigenvalue weighted by molar-refractivity contribution is 5.80. The van der Waals surface area contributed by atoms with Crippen LogP contribution in [0.4, 0.5) is 0 Å². The van der Waals surface area contributed by atoms with Crippen LogP contribution in [-0.4, -0.2) is 63.2 Å². The highest BCUT2D eigenvalue weighted by Crippen LogP contribution is 2.32. The Balaban J connectivity index is 1.48. The normalized spacial score (nSPS) is 13.9. The molecule has 168 valence electrons. The molecule has 0 bridgehead atoms. The summed E-state index contributed by atoms with van der Waals surface area (Å²) < 4.78 is 10.8. The van der Waals surface area contributed by atoms with E-state index < -0.39 is 0 Å². The molecule has 31 heavy (non-hydrogen) atoms. The molecule has 0 aromatic heterocycles. The van der Waals surface area contributed by atoms with Gasteiger partial charge in [-0.1, -0.05) is 18.2 Å². The summed E-state index contributed by atoms with van der Waals surface area (Å²) in [6.45, 7) is 7.90. The van der Waals surface area contributed by atoms with Crippen molar-refractivity contribution in [3.63, 3.8) is 0 Å². The Kier molecular flexibility index (Phi) is 7.97. The smallest absolute Gasteiger partial charge is 0.227 e. The molecule has 5 heteroatoms. The average molecular weight is 425 g/mol. The van der Waals surface area contributed by atoms with Crippen LogP contribution in [0.15, 0.2) is 30.3 Å². The molecule has 0 saturated heterocycles. The molecule has 0 spiro atoms. The summed E-state index contributed by atoms with van der Waals surface area (Å²) in [5, 5.41) is 0. The van der Waals surface area contributed by atoms with Crippen molar-refractivity contribution in [2.45, 2.75) is 39.5 Å². The highest BCUT2D eigenvalue weighted by atomic mass is 16.5. The Morgan fingerprint density at radius 1 is 0.968 bits per heavy atom. The Hall–Kier alpha value is -2.53. The van der Waals surface area contributed by atoms with E-state index in [9.17, 15) is 4.79 Å². The van der Waals surface area contributed by atoms with Crippen molar-refractivity contribution in [1.82, 2.24) is 9.80 Å². The van der Waals surface area contributed by atoms with Crippen molar-refractivity contribution in [1.29, 1.82) is 0 Å². The summed E-state index contributed by atoms with van der Waals surface area (Å²) >= 11 is 0. The Bertz CT molecular complexity index is 910. The molecule has 2 aromatic rings. The summed E-state index contributed by atoms with van der Waals surface area (Å²) in [4.78, 5) is 17.2. The molecule has 2 aromatic carbocycles. The minimum Gasteiger partial charge on any atom is -0.493 e. The van der Waals surface area contributed by atoms with Crippen molar-refractivity contribution in [2.24, 2.45) is 0 Å². The fraction of sp³-hybridized carbons (Fsp3) is 0.500. The van der Waals surface area contributed by atoms with E-state index >= 15 is 0 Å². The van der Waals surface area contributed by atoms with E-state index in [0.29, 0.717) is 12.2 Å². The van der Waals surface area contributed by atoms with Gasteiger partial charge in [-0.25, -0.2) is 0 Å². The quantitative estimate of drug-likeness (QED) is 0.614. The molecule has 0 fully saturated rings. The molecule has 0 atom stereocenters. The van der Waals surface area contributed by atoms with Gasteiger partial charge < -0.3 is 19.3 Å². The fourth-order valence-corrected chi connectivity index (χ4v) is 4.17. The number of rotatable bonds is 9. The highest BCUT2D eigenvalue weighted by Gasteiger charge is 2.22. The van der Waals surface area contributed by atoms with E-state index in [1.165, 1.54) is 22.3 Å². The maximum atomic E-state index is 12.8. The van der Waals surface area contributed by atoms with E-state index in [-0.39, 0.29) is 5.91 Å². The Labute approximate surface area is 187 Å². The number of hydrogen-bond donors (Lipinski definition) is 0. The molecular formula is C26H36N2O3. The van der Waals surface area contributed by atoms with Crippen LogP contribution in [0.1, 0.15) is 34.2 Å². The molecule has 0 aliphatic carbocycles. The predicted molar refractivity (Wildman–Crippen MR) is 125 cm³/mol. The third kappa shape index (κ3) is 6.01. The molecule has 5 nitrogen and oxygen atoms in total. The third-order valence-electron chi connectivity index (χ3n) is 6.37. The summed E-state index contributed by atoms with van der Waals surface area (Å²) in [6.07, 6.45) is 3.32. The van der Waals surface area contributed by atoms with Gasteiger partial charge in [0.1, 0.15) is 0 Å². The van der Waals surface area contributed by atoms with Crippen molar-refractivity contribution >= 4 is 5.91 Å². The second-order valence-electron chi connectivity index (χ2n) is 8.61. The van der Waals surface area contributed by atoms with E-state index in [1.54, 1.807) is 14.2 Å². The molecule has 1 aliphatic rings. The second kappa shape index (κ2) is 10.7. The maximum Gasteiger partial charge on any atom is 0.227 e. The number of fused-ring (bicyclic) bond motifs is 1. The SMILES string of the molecule is COc1cc2c(cc1OC)CC(=O)N(CCCN(C)CCc1ccc(C)c(C)c1)CC2. The Morgan fingerprint density at radius 2 is 1.68 bits per heavy atom. The zero-order valence-corrected chi connectivity index (χ0v) is 19.7. The van der Waals surface area contributed by atoms with Gasteiger partial charge in [0, 0.05) is 19.6 Å². The Morgan fingerprint density at radius 3 is 2.35 bits per heavy atom. The van der Waals surface area contributed by atoms with Crippen LogP contribution in [0, 0.1) is 13.8 Å². The lowest BCUT2D eigenvalue weighted by molar-refractivity contribution is -0.130. The largest absolute Gasteiger partial charge is 0.493 e. The number of benzene rings is 2. The van der Waals surface area contributed by atoms with Gasteiger partial charge in [-0.15, -0.1) is 0 Å². The number of amides is 1. The van der Waals surface area contributed by atoms with Crippen LogP contribution >= 0.6 is 0 Å². The number of carbonyl (C=O) groups excluding carboxylic acids is 1. The lowest BCUT2D eigenvalue weighted by Gasteiger charge is -2.23. The molecule has 1 amide bonds. The number of methoxy groups -OCH3 is 2. The molecule has 3 rings (SSSR count). The maximum absolute atomic E-state index is 12.8. The fourth-order valence-electron chi connectivity index (χ4n) is 4.17. The summed E-state index contributed by atoms with van der Waals surface area (Å²) in [6, 6.07) is 10.7. The van der Waals surface area contributed by atoms with Crippen molar-refractivity contribution < 1.29 is 14.3 Å². The lowest BCUT2D eigenvalue weighted by atomic mass is 10.0. The summed E-state index contributed by atoms with van der Waals surface area (Å²) in [7, 11) is 5.44. The molecular weight excluding hydrogens is 388 g/mol. The van der Waals surface area contributed by atoms with Crippen molar-refractivity contribution in [3.05, 3.63) is 58.1 Å². The van der Waals surface area contributed by atoms with Gasteiger partial charge in [0.2, 0.25) is 5.91 Å². The molecule has 0 saturated carbocycles. The van der Waals surface area contributed by atoms with Crippen molar-refractivity contribution in [3.8, 4) is 11.5 Å². The number of hydrogen-bond acceptors (Lipinski definition) is 4. The van der Waals surface area contributed by atoms with Crippen LogP contribution in [0.5, 0.6) is 11.5 Å². The van der Waals surface area contributed by atoms with Crippen LogP contribution in [0.3, 0.4) is 0 Å². The average Bonchev–Trinajstić information content (AvgIpc) is 2.91. The summed E-state index contributed by atoms with van der Waals surface area (Å²) in [5.41, 5.74) is 6.32. The minimum atomic E-state index is 0.198. The first-order valence-corrected chi connectivity index (χ1v) is 11.2. The van der Waals surface area contributed by atoms with Gasteiger partial charge in [0.15, 0.2) is 11.5 Å². The van der Waals surface area contributed by atoms with Crippen molar-refractivity contribution in [2.75, 3.05) is 47.4 Å². The zero-order chi connectivity index (χ0) is 22.4. The number of likely N-dealkylation sites (N-methyl/N-ethyl adjacent to an activating group) is 1. The van der Waals surface area contributed by atoms with Gasteiger partial charge in [0.05, 0.1) is 20.6 Å². The monoisotopic (exact) mass is 424 g/mol. The molecule has 1 heterocycles. The topological polar surface area (TPSA) is 42.0 Å².